The van der Waals surface area contributed by atoms with E-state index in [0.29, 0.717) is 32.2 Å². The van der Waals surface area contributed by atoms with Gasteiger partial charge in [0.2, 0.25) is 0 Å². The average Bonchev–Trinajstić information content (AvgIpc) is 3.35. The molecule has 1 saturated carbocycles. The Labute approximate surface area is 177 Å². The molecular weight excluding hydrogens is 382 g/mol. The Morgan fingerprint density at radius 3 is 2.90 bits per heavy atom. The van der Waals surface area contributed by atoms with Crippen molar-refractivity contribution >= 4 is 17.2 Å². The van der Waals surface area contributed by atoms with Crippen molar-refractivity contribution in [1.82, 2.24) is 24.3 Å². The number of carbonyl (C=O) groups is 1. The van der Waals surface area contributed by atoms with Gasteiger partial charge in [-0.05, 0) is 43.7 Å². The fourth-order valence-electron chi connectivity index (χ4n) is 4.90. The topological polar surface area (TPSA) is 81.4 Å². The number of likely N-dealkylation sites (tertiary alicyclic amines) is 1. The summed E-state index contributed by atoms with van der Waals surface area (Å²) in [6, 6.07) is 3.80. The van der Waals surface area contributed by atoms with Crippen LogP contribution in [0.2, 0.25) is 0 Å². The molecule has 0 aromatic carbocycles. The van der Waals surface area contributed by atoms with Crippen molar-refractivity contribution in [3.8, 4) is 0 Å². The summed E-state index contributed by atoms with van der Waals surface area (Å²) in [5, 5.41) is 2.94. The van der Waals surface area contributed by atoms with Crippen LogP contribution in [0, 0.1) is 5.92 Å². The average molecular weight is 416 g/mol. The molecule has 0 radical (unpaired) electrons. The molecule has 2 fully saturated rings. The van der Waals surface area contributed by atoms with Gasteiger partial charge in [0.05, 0.1) is 11.6 Å². The number of fused-ring (bicyclic) bond motifs is 1. The fourth-order valence-corrected chi connectivity index (χ4v) is 4.90. The van der Waals surface area contributed by atoms with Crippen molar-refractivity contribution in [3.63, 3.8) is 0 Å². The molecule has 2 amide bonds. The lowest BCUT2D eigenvalue weighted by atomic mass is 9.89. The molecule has 1 saturated heterocycles. The lowest BCUT2D eigenvalue weighted by Gasteiger charge is -2.21. The number of pyridine rings is 1. The van der Waals surface area contributed by atoms with Crippen molar-refractivity contribution in [2.75, 3.05) is 33.4 Å². The van der Waals surface area contributed by atoms with Gasteiger partial charge in [0, 0.05) is 46.1 Å². The Balaban J connectivity index is 1.51. The molecule has 30 heavy (non-hydrogen) atoms. The van der Waals surface area contributed by atoms with Crippen LogP contribution in [-0.2, 0) is 11.3 Å². The zero-order valence-electron chi connectivity index (χ0n) is 17.9. The van der Waals surface area contributed by atoms with Gasteiger partial charge < -0.3 is 15.0 Å². The van der Waals surface area contributed by atoms with Gasteiger partial charge in [0.15, 0.2) is 5.65 Å². The number of rotatable bonds is 7. The zero-order valence-corrected chi connectivity index (χ0v) is 17.9. The van der Waals surface area contributed by atoms with E-state index in [-0.39, 0.29) is 17.8 Å². The monoisotopic (exact) mass is 415 g/mol. The van der Waals surface area contributed by atoms with Gasteiger partial charge >= 0.3 is 11.7 Å². The van der Waals surface area contributed by atoms with E-state index in [1.165, 1.54) is 32.1 Å². The summed E-state index contributed by atoms with van der Waals surface area (Å²) in [5.74, 6) is 0.564. The summed E-state index contributed by atoms with van der Waals surface area (Å²) >= 11 is 0. The van der Waals surface area contributed by atoms with Crippen molar-refractivity contribution in [1.29, 1.82) is 0 Å². The van der Waals surface area contributed by atoms with Crippen LogP contribution in [-0.4, -0.2) is 58.4 Å². The van der Waals surface area contributed by atoms with Crippen LogP contribution in [0.3, 0.4) is 0 Å². The van der Waals surface area contributed by atoms with Crippen LogP contribution in [0.4, 0.5) is 4.79 Å². The lowest BCUT2D eigenvalue weighted by Crippen LogP contribution is -2.39. The van der Waals surface area contributed by atoms with Crippen LogP contribution < -0.4 is 11.0 Å². The maximum absolute atomic E-state index is 13.4. The van der Waals surface area contributed by atoms with Gasteiger partial charge in [-0.3, -0.25) is 9.13 Å². The first-order chi connectivity index (χ1) is 14.7. The number of aromatic nitrogens is 3. The number of nitrogens with one attached hydrogen (secondary N) is 1. The smallest absolute Gasteiger partial charge is 0.330 e. The van der Waals surface area contributed by atoms with Crippen LogP contribution in [0.15, 0.2) is 23.1 Å². The van der Waals surface area contributed by atoms with E-state index >= 15 is 0 Å². The number of urea groups is 1. The standard InChI is InChI=1S/C22H33N5O3/c1-30-14-6-12-24-21(28)25-13-10-18(16-25)27-20-19(9-5-11-23-20)26(22(27)29)15-17-7-3-2-4-8-17/h5,9,11,17-18H,2-4,6-8,10,12-16H2,1H3,(H,24,28)/t18-/m1/s1. The van der Waals surface area contributed by atoms with Gasteiger partial charge in [0.25, 0.3) is 0 Å². The summed E-state index contributed by atoms with van der Waals surface area (Å²) in [4.78, 5) is 32.2. The fraction of sp³-hybridized carbons (Fsp3) is 0.682. The highest BCUT2D eigenvalue weighted by Gasteiger charge is 2.31. The minimum atomic E-state index is -0.0689. The second-order valence-electron chi connectivity index (χ2n) is 8.58. The van der Waals surface area contributed by atoms with E-state index in [9.17, 15) is 9.59 Å². The maximum atomic E-state index is 13.4. The number of imidazole rings is 1. The second-order valence-corrected chi connectivity index (χ2v) is 8.58. The minimum absolute atomic E-state index is 0.0154. The first kappa shape index (κ1) is 20.9. The number of ether oxygens (including phenoxy) is 1. The molecule has 3 heterocycles. The molecule has 1 N–H and O–H groups in total. The van der Waals surface area contributed by atoms with Gasteiger partial charge in [-0.15, -0.1) is 0 Å². The van der Waals surface area contributed by atoms with Crippen molar-refractivity contribution in [2.24, 2.45) is 5.92 Å². The summed E-state index contributed by atoms with van der Waals surface area (Å²) in [5.41, 5.74) is 1.67. The molecule has 1 aliphatic carbocycles. The van der Waals surface area contributed by atoms with Gasteiger partial charge in [-0.25, -0.2) is 14.6 Å². The molecule has 2 aliphatic rings. The Morgan fingerprint density at radius 1 is 1.27 bits per heavy atom. The summed E-state index contributed by atoms with van der Waals surface area (Å²) in [7, 11) is 1.66. The van der Waals surface area contributed by atoms with E-state index in [1.807, 2.05) is 21.3 Å². The zero-order chi connectivity index (χ0) is 20.9. The highest BCUT2D eigenvalue weighted by molar-refractivity contribution is 5.75. The number of hydrogen-bond acceptors (Lipinski definition) is 4. The second kappa shape index (κ2) is 9.64. The Bertz CT molecular complexity index is 915. The van der Waals surface area contributed by atoms with Gasteiger partial charge in [-0.1, -0.05) is 19.3 Å². The number of amides is 2. The van der Waals surface area contributed by atoms with Gasteiger partial charge in [0.1, 0.15) is 0 Å². The molecule has 1 aliphatic heterocycles. The Kier molecular flexibility index (Phi) is 6.72. The van der Waals surface area contributed by atoms with Crippen LogP contribution in [0.25, 0.3) is 11.2 Å². The van der Waals surface area contributed by atoms with E-state index in [4.69, 9.17) is 4.74 Å². The van der Waals surface area contributed by atoms with Crippen LogP contribution in [0.1, 0.15) is 51.0 Å². The number of nitrogens with zero attached hydrogens (tertiary/aromatic N) is 4. The highest BCUT2D eigenvalue weighted by Crippen LogP contribution is 2.28. The predicted octanol–water partition coefficient (Wildman–Crippen LogP) is 2.77. The van der Waals surface area contributed by atoms with Crippen LogP contribution >= 0.6 is 0 Å². The normalized spacial score (nSPS) is 20.2. The molecule has 0 unspecified atom stereocenters. The van der Waals surface area contributed by atoms with Crippen molar-refractivity contribution in [3.05, 3.63) is 28.8 Å². The predicted molar refractivity (Wildman–Crippen MR) is 116 cm³/mol. The van der Waals surface area contributed by atoms with Crippen molar-refractivity contribution < 1.29 is 9.53 Å². The third kappa shape index (κ3) is 4.38. The summed E-state index contributed by atoms with van der Waals surface area (Å²) in [6.07, 6.45) is 9.51. The molecule has 8 heteroatoms. The molecule has 0 bridgehead atoms. The Morgan fingerprint density at radius 2 is 2.10 bits per heavy atom. The molecule has 1 atom stereocenters. The lowest BCUT2D eigenvalue weighted by molar-refractivity contribution is 0.188. The third-order valence-corrected chi connectivity index (χ3v) is 6.50. The first-order valence-corrected chi connectivity index (χ1v) is 11.3. The van der Waals surface area contributed by atoms with E-state index < -0.39 is 0 Å². The molecule has 164 valence electrons. The maximum Gasteiger partial charge on any atom is 0.330 e. The van der Waals surface area contributed by atoms with Gasteiger partial charge in [-0.2, -0.15) is 0 Å². The third-order valence-electron chi connectivity index (χ3n) is 6.50. The molecule has 0 spiro atoms. The number of methoxy groups -OCH3 is 1. The number of hydrogen-bond donors (Lipinski definition) is 1. The minimum Gasteiger partial charge on any atom is -0.385 e. The Hall–Kier alpha value is -2.35. The van der Waals surface area contributed by atoms with E-state index in [1.54, 1.807) is 18.2 Å². The summed E-state index contributed by atoms with van der Waals surface area (Å²) < 4.78 is 8.77. The molecule has 8 nitrogen and oxygen atoms in total. The molecule has 2 aromatic rings. The number of carbonyl (C=O) groups excluding carboxylic acids is 1. The molecule has 2 aromatic heterocycles. The molecule has 4 rings (SSSR count). The van der Waals surface area contributed by atoms with Crippen molar-refractivity contribution in [2.45, 2.75) is 57.5 Å². The van der Waals surface area contributed by atoms with Crippen LogP contribution in [0.5, 0.6) is 0 Å². The highest BCUT2D eigenvalue weighted by atomic mass is 16.5. The first-order valence-electron chi connectivity index (χ1n) is 11.3. The molecular formula is C22H33N5O3. The van der Waals surface area contributed by atoms with E-state index in [0.717, 1.165) is 30.6 Å². The SMILES string of the molecule is COCCCNC(=O)N1CC[C@@H](n2c(=O)n(CC3CCCCC3)c3cccnc32)C1. The summed E-state index contributed by atoms with van der Waals surface area (Å²) in [6.45, 7) is 3.18. The quantitative estimate of drug-likeness (QED) is 0.705. The largest absolute Gasteiger partial charge is 0.385 e. The van der Waals surface area contributed by atoms with E-state index in [2.05, 4.69) is 10.3 Å².